The van der Waals surface area contributed by atoms with Gasteiger partial charge in [-0.1, -0.05) is 6.08 Å². The standard InChI is InChI=1S/C12H19N3O/c1-4-5-6-7-14(2)9-11-8-12(10-16)15(3)13-11/h4,8,10H,1,5-7,9H2,2-3H3. The van der Waals surface area contributed by atoms with Crippen LogP contribution in [0, 0.1) is 0 Å². The molecule has 0 saturated heterocycles. The molecule has 0 N–H and O–H groups in total. The number of carbonyl (C=O) groups excluding carboxylic acids is 1. The van der Waals surface area contributed by atoms with E-state index in [0.717, 1.165) is 37.9 Å². The Labute approximate surface area is 96.6 Å². The molecule has 0 radical (unpaired) electrons. The smallest absolute Gasteiger partial charge is 0.168 e. The average molecular weight is 221 g/mol. The lowest BCUT2D eigenvalue weighted by atomic mass is 10.3. The summed E-state index contributed by atoms with van der Waals surface area (Å²) in [7, 11) is 3.84. The van der Waals surface area contributed by atoms with Crippen LogP contribution in [0.4, 0.5) is 0 Å². The highest BCUT2D eigenvalue weighted by molar-refractivity contribution is 5.72. The van der Waals surface area contributed by atoms with Crippen molar-refractivity contribution in [3.63, 3.8) is 0 Å². The number of aryl methyl sites for hydroxylation is 1. The van der Waals surface area contributed by atoms with Crippen LogP contribution in [0.3, 0.4) is 0 Å². The zero-order chi connectivity index (χ0) is 12.0. The first-order valence-corrected chi connectivity index (χ1v) is 5.45. The predicted octanol–water partition coefficient (Wildman–Crippen LogP) is 1.63. The van der Waals surface area contributed by atoms with Gasteiger partial charge in [0.15, 0.2) is 6.29 Å². The molecule has 0 atom stereocenters. The molecule has 0 spiro atoms. The third-order valence-corrected chi connectivity index (χ3v) is 2.47. The number of aldehydes is 1. The molecule has 4 heteroatoms. The monoisotopic (exact) mass is 221 g/mol. The Hall–Kier alpha value is -1.42. The fourth-order valence-electron chi connectivity index (χ4n) is 1.59. The third kappa shape index (κ3) is 3.62. The van der Waals surface area contributed by atoms with Crippen LogP contribution >= 0.6 is 0 Å². The first-order chi connectivity index (χ1) is 7.67. The number of allylic oxidation sites excluding steroid dienone is 1. The molecule has 0 bridgehead atoms. The van der Waals surface area contributed by atoms with E-state index >= 15 is 0 Å². The molecule has 0 unspecified atom stereocenters. The number of aromatic nitrogens is 2. The van der Waals surface area contributed by atoms with Gasteiger partial charge in [0.1, 0.15) is 5.69 Å². The van der Waals surface area contributed by atoms with Gasteiger partial charge in [0, 0.05) is 13.6 Å². The molecule has 1 heterocycles. The second-order valence-electron chi connectivity index (χ2n) is 3.97. The van der Waals surface area contributed by atoms with Crippen molar-refractivity contribution in [3.05, 3.63) is 30.1 Å². The molecule has 1 rings (SSSR count). The van der Waals surface area contributed by atoms with Gasteiger partial charge in [-0.15, -0.1) is 6.58 Å². The molecule has 0 fully saturated rings. The Bertz CT molecular complexity index is 357. The van der Waals surface area contributed by atoms with Gasteiger partial charge in [-0.05, 0) is 32.5 Å². The van der Waals surface area contributed by atoms with E-state index in [-0.39, 0.29) is 0 Å². The second kappa shape index (κ2) is 6.23. The minimum absolute atomic E-state index is 0.620. The van der Waals surface area contributed by atoms with E-state index in [9.17, 15) is 4.79 Å². The van der Waals surface area contributed by atoms with Gasteiger partial charge in [0.05, 0.1) is 5.69 Å². The molecule has 88 valence electrons. The zero-order valence-electron chi connectivity index (χ0n) is 10.0. The summed E-state index contributed by atoms with van der Waals surface area (Å²) in [5.74, 6) is 0. The Balaban J connectivity index is 2.45. The lowest BCUT2D eigenvalue weighted by Crippen LogP contribution is -2.19. The number of nitrogens with zero attached hydrogens (tertiary/aromatic N) is 3. The van der Waals surface area contributed by atoms with Crippen LogP contribution in [0.15, 0.2) is 18.7 Å². The van der Waals surface area contributed by atoms with Crippen molar-refractivity contribution in [2.75, 3.05) is 13.6 Å². The van der Waals surface area contributed by atoms with Crippen molar-refractivity contribution in [1.82, 2.24) is 14.7 Å². The van der Waals surface area contributed by atoms with Gasteiger partial charge in [-0.25, -0.2) is 0 Å². The number of rotatable bonds is 7. The summed E-state index contributed by atoms with van der Waals surface area (Å²) < 4.78 is 1.61. The molecule has 1 aromatic heterocycles. The minimum atomic E-state index is 0.620. The maximum atomic E-state index is 10.7. The summed E-state index contributed by atoms with van der Waals surface area (Å²) in [6.45, 7) is 5.48. The van der Waals surface area contributed by atoms with E-state index < -0.39 is 0 Å². The summed E-state index contributed by atoms with van der Waals surface area (Å²) in [5.41, 5.74) is 1.56. The first-order valence-electron chi connectivity index (χ1n) is 5.45. The average Bonchev–Trinajstić information content (AvgIpc) is 2.59. The van der Waals surface area contributed by atoms with E-state index in [1.54, 1.807) is 11.7 Å². The zero-order valence-corrected chi connectivity index (χ0v) is 10.0. The number of unbranched alkanes of at least 4 members (excludes halogenated alkanes) is 1. The lowest BCUT2D eigenvalue weighted by Gasteiger charge is -2.13. The maximum Gasteiger partial charge on any atom is 0.168 e. The maximum absolute atomic E-state index is 10.7. The molecule has 4 nitrogen and oxygen atoms in total. The SMILES string of the molecule is C=CCCCN(C)Cc1cc(C=O)n(C)n1. The minimum Gasteiger partial charge on any atom is -0.300 e. The van der Waals surface area contributed by atoms with Crippen molar-refractivity contribution in [1.29, 1.82) is 0 Å². The highest BCUT2D eigenvalue weighted by Crippen LogP contribution is 2.04. The van der Waals surface area contributed by atoms with E-state index in [0.29, 0.717) is 5.69 Å². The van der Waals surface area contributed by atoms with Gasteiger partial charge in [0.2, 0.25) is 0 Å². The summed E-state index contributed by atoms with van der Waals surface area (Å²) in [6.07, 6.45) is 4.90. The molecular weight excluding hydrogens is 202 g/mol. The molecule has 0 saturated carbocycles. The number of hydrogen-bond acceptors (Lipinski definition) is 3. The normalized spacial score (nSPS) is 10.7. The molecule has 1 aromatic rings. The summed E-state index contributed by atoms with van der Waals surface area (Å²) >= 11 is 0. The molecule has 0 amide bonds. The molecule has 0 aliphatic rings. The van der Waals surface area contributed by atoms with Crippen LogP contribution < -0.4 is 0 Å². The van der Waals surface area contributed by atoms with Crippen molar-refractivity contribution in [2.45, 2.75) is 19.4 Å². The Morgan fingerprint density at radius 3 is 2.94 bits per heavy atom. The summed E-state index contributed by atoms with van der Waals surface area (Å²) in [6, 6.07) is 1.83. The lowest BCUT2D eigenvalue weighted by molar-refractivity contribution is 0.111. The van der Waals surface area contributed by atoms with Gasteiger partial charge in [-0.3, -0.25) is 9.48 Å². The molecule has 0 aliphatic heterocycles. The van der Waals surface area contributed by atoms with Gasteiger partial charge < -0.3 is 4.90 Å². The fraction of sp³-hybridized carbons (Fsp3) is 0.500. The van der Waals surface area contributed by atoms with E-state index in [1.165, 1.54) is 0 Å². The van der Waals surface area contributed by atoms with E-state index in [1.807, 2.05) is 12.1 Å². The molecular formula is C12H19N3O. The topological polar surface area (TPSA) is 38.1 Å². The number of hydrogen-bond donors (Lipinski definition) is 0. The van der Waals surface area contributed by atoms with Crippen LogP contribution in [0.25, 0.3) is 0 Å². The van der Waals surface area contributed by atoms with Gasteiger partial charge >= 0.3 is 0 Å². The van der Waals surface area contributed by atoms with Crippen molar-refractivity contribution >= 4 is 6.29 Å². The highest BCUT2D eigenvalue weighted by atomic mass is 16.1. The second-order valence-corrected chi connectivity index (χ2v) is 3.97. The first kappa shape index (κ1) is 12.6. The van der Waals surface area contributed by atoms with Crippen molar-refractivity contribution in [2.24, 2.45) is 7.05 Å². The Morgan fingerprint density at radius 2 is 2.38 bits per heavy atom. The van der Waals surface area contributed by atoms with Gasteiger partial charge in [0.25, 0.3) is 0 Å². The van der Waals surface area contributed by atoms with Gasteiger partial charge in [-0.2, -0.15) is 5.10 Å². The highest BCUT2D eigenvalue weighted by Gasteiger charge is 2.06. The predicted molar refractivity (Wildman–Crippen MR) is 64.4 cm³/mol. The van der Waals surface area contributed by atoms with Crippen LogP contribution in [0.2, 0.25) is 0 Å². The van der Waals surface area contributed by atoms with E-state index in [2.05, 4.69) is 23.6 Å². The molecule has 0 aliphatic carbocycles. The van der Waals surface area contributed by atoms with Crippen molar-refractivity contribution in [3.8, 4) is 0 Å². The quantitative estimate of drug-likeness (QED) is 0.399. The van der Waals surface area contributed by atoms with Crippen molar-refractivity contribution < 1.29 is 4.79 Å². The van der Waals surface area contributed by atoms with Crippen LogP contribution in [0.1, 0.15) is 29.0 Å². The Kier molecular flexibility index (Phi) is 4.92. The Morgan fingerprint density at radius 1 is 1.62 bits per heavy atom. The third-order valence-electron chi connectivity index (χ3n) is 2.47. The fourth-order valence-corrected chi connectivity index (χ4v) is 1.59. The molecule has 0 aromatic carbocycles. The van der Waals surface area contributed by atoms with Crippen LogP contribution in [-0.2, 0) is 13.6 Å². The van der Waals surface area contributed by atoms with Crippen LogP contribution in [-0.4, -0.2) is 34.6 Å². The van der Waals surface area contributed by atoms with E-state index in [4.69, 9.17) is 0 Å². The van der Waals surface area contributed by atoms with Crippen LogP contribution in [0.5, 0.6) is 0 Å². The summed E-state index contributed by atoms with van der Waals surface area (Å²) in [5, 5.41) is 4.27. The number of carbonyl (C=O) groups is 1. The largest absolute Gasteiger partial charge is 0.300 e. The molecule has 16 heavy (non-hydrogen) atoms. The summed E-state index contributed by atoms with van der Waals surface area (Å²) in [4.78, 5) is 12.8.